The highest BCUT2D eigenvalue weighted by atomic mass is 32.2. The van der Waals surface area contributed by atoms with Crippen molar-refractivity contribution in [1.29, 1.82) is 0 Å². The van der Waals surface area contributed by atoms with Crippen LogP contribution in [0.2, 0.25) is 0 Å². The zero-order valence-corrected chi connectivity index (χ0v) is 16.3. The molecular weight excluding hydrogens is 415 g/mol. The summed E-state index contributed by atoms with van der Waals surface area (Å²) in [5.74, 6) is -0.473. The standard InChI is InChI=1S/C17H22F3N3O5S/c18-17(19,20)28-15-1-3-16(4-2-15)29(24,25)23-8-5-13(6-9-23)22-27-12-14-11-26-10-7-21-14/h1-4,14,21H,5-12H2. The maximum absolute atomic E-state index is 12.7. The molecule has 0 spiro atoms. The summed E-state index contributed by atoms with van der Waals surface area (Å²) in [4.78, 5) is 5.25. The first-order valence-corrected chi connectivity index (χ1v) is 10.5. The largest absolute Gasteiger partial charge is 0.573 e. The van der Waals surface area contributed by atoms with Crippen molar-refractivity contribution >= 4 is 15.7 Å². The predicted octanol–water partition coefficient (Wildman–Crippen LogP) is 1.73. The first kappa shape index (κ1) is 21.8. The molecule has 1 atom stereocenters. The number of morpholine rings is 1. The number of sulfonamides is 1. The van der Waals surface area contributed by atoms with Gasteiger partial charge in [0, 0.05) is 32.5 Å². The number of nitrogens with one attached hydrogen (secondary N) is 1. The van der Waals surface area contributed by atoms with E-state index in [0.29, 0.717) is 32.7 Å². The van der Waals surface area contributed by atoms with Crippen molar-refractivity contribution in [3.63, 3.8) is 0 Å². The van der Waals surface area contributed by atoms with Gasteiger partial charge in [-0.15, -0.1) is 13.2 Å². The Morgan fingerprint density at radius 3 is 2.48 bits per heavy atom. The van der Waals surface area contributed by atoms with Crippen molar-refractivity contribution < 1.29 is 35.9 Å². The molecule has 0 saturated carbocycles. The number of rotatable bonds is 6. The van der Waals surface area contributed by atoms with Crippen LogP contribution in [0.3, 0.4) is 0 Å². The van der Waals surface area contributed by atoms with Gasteiger partial charge in [-0.05, 0) is 24.3 Å². The van der Waals surface area contributed by atoms with Crippen molar-refractivity contribution in [2.75, 3.05) is 39.5 Å². The van der Waals surface area contributed by atoms with Gasteiger partial charge in [0.25, 0.3) is 0 Å². The summed E-state index contributed by atoms with van der Waals surface area (Å²) in [7, 11) is -3.81. The second-order valence-electron chi connectivity index (χ2n) is 6.60. The van der Waals surface area contributed by atoms with Crippen molar-refractivity contribution in [1.82, 2.24) is 9.62 Å². The lowest BCUT2D eigenvalue weighted by Crippen LogP contribution is -2.44. The van der Waals surface area contributed by atoms with Gasteiger partial charge in [0.15, 0.2) is 0 Å². The van der Waals surface area contributed by atoms with E-state index in [2.05, 4.69) is 15.2 Å². The zero-order valence-electron chi connectivity index (χ0n) is 15.5. The molecule has 2 saturated heterocycles. The summed E-state index contributed by atoms with van der Waals surface area (Å²) >= 11 is 0. The average Bonchev–Trinajstić information content (AvgIpc) is 2.68. The van der Waals surface area contributed by atoms with Gasteiger partial charge in [-0.1, -0.05) is 5.16 Å². The van der Waals surface area contributed by atoms with Gasteiger partial charge in [0.2, 0.25) is 10.0 Å². The van der Waals surface area contributed by atoms with Gasteiger partial charge in [0.05, 0.1) is 29.9 Å². The third-order valence-electron chi connectivity index (χ3n) is 4.46. The SMILES string of the molecule is O=S(=O)(c1ccc(OC(F)(F)F)cc1)N1CCC(=NOCC2COCCN2)CC1. The van der Waals surface area contributed by atoms with E-state index < -0.39 is 22.1 Å². The lowest BCUT2D eigenvalue weighted by atomic mass is 10.1. The Balaban J connectivity index is 1.51. The van der Waals surface area contributed by atoms with Gasteiger partial charge in [0.1, 0.15) is 12.4 Å². The van der Waals surface area contributed by atoms with Crippen LogP contribution >= 0.6 is 0 Å². The molecule has 162 valence electrons. The number of piperidine rings is 1. The molecule has 3 rings (SSSR count). The van der Waals surface area contributed by atoms with Crippen LogP contribution in [0.25, 0.3) is 0 Å². The van der Waals surface area contributed by atoms with Crippen LogP contribution in [-0.2, 0) is 19.6 Å². The fourth-order valence-corrected chi connectivity index (χ4v) is 4.43. The molecule has 0 radical (unpaired) electrons. The van der Waals surface area contributed by atoms with Crippen LogP contribution in [0.4, 0.5) is 13.2 Å². The maximum atomic E-state index is 12.7. The van der Waals surface area contributed by atoms with E-state index in [0.717, 1.165) is 36.5 Å². The van der Waals surface area contributed by atoms with E-state index >= 15 is 0 Å². The Hall–Kier alpha value is -1.89. The fourth-order valence-electron chi connectivity index (χ4n) is 2.98. The number of hydrogen-bond acceptors (Lipinski definition) is 7. The number of halogens is 3. The van der Waals surface area contributed by atoms with Crippen LogP contribution < -0.4 is 10.1 Å². The van der Waals surface area contributed by atoms with Crippen molar-refractivity contribution in [3.8, 4) is 5.75 Å². The summed E-state index contributed by atoms with van der Waals surface area (Å²) < 4.78 is 72.4. The first-order valence-electron chi connectivity index (χ1n) is 9.09. The Bertz CT molecular complexity index is 799. The van der Waals surface area contributed by atoms with E-state index in [9.17, 15) is 21.6 Å². The second kappa shape index (κ2) is 9.28. The molecule has 29 heavy (non-hydrogen) atoms. The third kappa shape index (κ3) is 6.29. The molecule has 2 heterocycles. The van der Waals surface area contributed by atoms with E-state index in [4.69, 9.17) is 9.57 Å². The third-order valence-corrected chi connectivity index (χ3v) is 6.38. The molecule has 0 aliphatic carbocycles. The van der Waals surface area contributed by atoms with Crippen LogP contribution in [0.5, 0.6) is 5.75 Å². The van der Waals surface area contributed by atoms with E-state index in [1.54, 1.807) is 0 Å². The molecule has 1 unspecified atom stereocenters. The van der Waals surface area contributed by atoms with E-state index in [1.165, 1.54) is 4.31 Å². The number of benzene rings is 1. The quantitative estimate of drug-likeness (QED) is 0.682. The lowest BCUT2D eigenvalue weighted by Gasteiger charge is -2.27. The van der Waals surface area contributed by atoms with Crippen molar-refractivity contribution in [2.45, 2.75) is 30.1 Å². The summed E-state index contributed by atoms with van der Waals surface area (Å²) in [5, 5.41) is 7.33. The number of hydrogen-bond donors (Lipinski definition) is 1. The summed E-state index contributed by atoms with van der Waals surface area (Å²) in [5.41, 5.74) is 0.766. The number of nitrogens with zero attached hydrogens (tertiary/aromatic N) is 2. The molecule has 0 aromatic heterocycles. The van der Waals surface area contributed by atoms with Gasteiger partial charge in [-0.2, -0.15) is 4.31 Å². The predicted molar refractivity (Wildman–Crippen MR) is 97.1 cm³/mol. The van der Waals surface area contributed by atoms with Gasteiger partial charge in [-0.3, -0.25) is 0 Å². The Labute approximate surface area is 166 Å². The van der Waals surface area contributed by atoms with E-state index in [1.807, 2.05) is 0 Å². The Kier molecular flexibility index (Phi) is 6.98. The molecular formula is C17H22F3N3O5S. The van der Waals surface area contributed by atoms with Crippen LogP contribution in [-0.4, -0.2) is 70.3 Å². The highest BCUT2D eigenvalue weighted by Gasteiger charge is 2.32. The fraction of sp³-hybridized carbons (Fsp3) is 0.588. The second-order valence-corrected chi connectivity index (χ2v) is 8.54. The first-order chi connectivity index (χ1) is 13.7. The maximum Gasteiger partial charge on any atom is 0.573 e. The smallest absolute Gasteiger partial charge is 0.406 e. The summed E-state index contributed by atoms with van der Waals surface area (Å²) in [6, 6.07) is 4.24. The molecule has 0 bridgehead atoms. The van der Waals surface area contributed by atoms with E-state index in [-0.39, 0.29) is 24.0 Å². The molecule has 12 heteroatoms. The highest BCUT2D eigenvalue weighted by Crippen LogP contribution is 2.26. The molecule has 2 aliphatic heterocycles. The molecule has 8 nitrogen and oxygen atoms in total. The highest BCUT2D eigenvalue weighted by molar-refractivity contribution is 7.89. The topological polar surface area (TPSA) is 89.5 Å². The summed E-state index contributed by atoms with van der Waals surface area (Å²) in [6.07, 6.45) is -3.99. The lowest BCUT2D eigenvalue weighted by molar-refractivity contribution is -0.274. The van der Waals surface area contributed by atoms with Crippen molar-refractivity contribution in [2.24, 2.45) is 5.16 Å². The minimum atomic E-state index is -4.83. The molecule has 1 aromatic carbocycles. The Morgan fingerprint density at radius 1 is 1.21 bits per heavy atom. The number of ether oxygens (including phenoxy) is 2. The number of alkyl halides is 3. The number of oxime groups is 1. The van der Waals surface area contributed by atoms with Crippen LogP contribution in [0, 0.1) is 0 Å². The summed E-state index contributed by atoms with van der Waals surface area (Å²) in [6.45, 7) is 2.81. The van der Waals surface area contributed by atoms with Gasteiger partial charge in [-0.25, -0.2) is 8.42 Å². The molecule has 0 amide bonds. The average molecular weight is 437 g/mol. The van der Waals surface area contributed by atoms with Crippen LogP contribution in [0.1, 0.15) is 12.8 Å². The monoisotopic (exact) mass is 437 g/mol. The Morgan fingerprint density at radius 2 is 1.90 bits per heavy atom. The van der Waals surface area contributed by atoms with Crippen molar-refractivity contribution in [3.05, 3.63) is 24.3 Å². The minimum Gasteiger partial charge on any atom is -0.406 e. The van der Waals surface area contributed by atoms with Gasteiger partial charge < -0.3 is 19.6 Å². The molecule has 1 aromatic rings. The van der Waals surface area contributed by atoms with Gasteiger partial charge >= 0.3 is 6.36 Å². The molecule has 1 N–H and O–H groups in total. The molecule has 2 aliphatic rings. The minimum absolute atomic E-state index is 0.0814. The molecule has 2 fully saturated rings. The zero-order chi connectivity index (χ0) is 20.9. The normalized spacial score (nSPS) is 21.6. The van der Waals surface area contributed by atoms with Crippen LogP contribution in [0.15, 0.2) is 34.3 Å².